The van der Waals surface area contributed by atoms with Crippen LogP contribution in [0.15, 0.2) is 109 Å². The molecule has 0 atom stereocenters. The first kappa shape index (κ1) is 33.6. The lowest BCUT2D eigenvalue weighted by atomic mass is 10.1. The number of rotatable bonds is 15. The van der Waals surface area contributed by atoms with E-state index in [0.29, 0.717) is 35.3 Å². The maximum absolute atomic E-state index is 12.9. The van der Waals surface area contributed by atoms with Crippen LogP contribution in [0.1, 0.15) is 72.1 Å². The van der Waals surface area contributed by atoms with Gasteiger partial charge < -0.3 is 20.4 Å². The molecule has 0 saturated heterocycles. The van der Waals surface area contributed by atoms with Gasteiger partial charge in [0.2, 0.25) is 11.8 Å². The van der Waals surface area contributed by atoms with Crippen LogP contribution in [0.25, 0.3) is 0 Å². The zero-order chi connectivity index (χ0) is 32.7. The van der Waals surface area contributed by atoms with Gasteiger partial charge in [-0.15, -0.1) is 0 Å². The summed E-state index contributed by atoms with van der Waals surface area (Å²) >= 11 is 0. The summed E-state index contributed by atoms with van der Waals surface area (Å²) in [5.41, 5.74) is 3.82. The van der Waals surface area contributed by atoms with Crippen molar-refractivity contribution in [2.75, 3.05) is 34.5 Å². The molecule has 0 aromatic heterocycles. The predicted molar refractivity (Wildman–Crippen MR) is 185 cm³/mol. The monoisotopic (exact) mass is 618 g/mol. The molecule has 8 nitrogen and oxygen atoms in total. The molecule has 0 saturated carbocycles. The topological polar surface area (TPSA) is 98.8 Å². The van der Waals surface area contributed by atoms with Gasteiger partial charge in [-0.1, -0.05) is 74.2 Å². The number of nitrogens with zero attached hydrogens (tertiary/aromatic N) is 2. The fraction of sp³-hybridized carbons (Fsp3) is 0.263. The molecular weight excluding hydrogens is 576 g/mol. The molecule has 0 fully saturated rings. The van der Waals surface area contributed by atoms with Crippen LogP contribution in [0.5, 0.6) is 0 Å². The lowest BCUT2D eigenvalue weighted by Gasteiger charge is -2.17. The maximum atomic E-state index is 12.9. The minimum Gasteiger partial charge on any atom is -0.326 e. The van der Waals surface area contributed by atoms with Crippen molar-refractivity contribution in [3.8, 4) is 0 Å². The zero-order valence-corrected chi connectivity index (χ0v) is 26.6. The molecule has 4 aromatic rings. The Balaban J connectivity index is 1.09. The third-order valence-electron chi connectivity index (χ3n) is 7.74. The third kappa shape index (κ3) is 10.2. The smallest absolute Gasteiger partial charge is 0.258 e. The highest BCUT2D eigenvalue weighted by molar-refractivity contribution is 6.07. The Morgan fingerprint density at radius 2 is 0.848 bits per heavy atom. The van der Waals surface area contributed by atoms with Crippen molar-refractivity contribution in [2.24, 2.45) is 0 Å². The lowest BCUT2D eigenvalue weighted by Crippen LogP contribution is -2.26. The van der Waals surface area contributed by atoms with E-state index in [-0.39, 0.29) is 23.6 Å². The number of para-hydroxylation sites is 2. The summed E-state index contributed by atoms with van der Waals surface area (Å²) in [5.74, 6) is -0.439. The molecule has 4 rings (SSSR count). The van der Waals surface area contributed by atoms with Crippen LogP contribution in [0.3, 0.4) is 0 Å². The van der Waals surface area contributed by atoms with E-state index in [2.05, 4.69) is 10.6 Å². The second-order valence-corrected chi connectivity index (χ2v) is 11.3. The molecule has 0 aliphatic carbocycles. The molecule has 0 radical (unpaired) electrons. The van der Waals surface area contributed by atoms with E-state index in [1.807, 2.05) is 60.7 Å². The summed E-state index contributed by atoms with van der Waals surface area (Å²) in [7, 11) is 3.46. The van der Waals surface area contributed by atoms with Crippen molar-refractivity contribution in [3.05, 3.63) is 120 Å². The van der Waals surface area contributed by atoms with Gasteiger partial charge in [0, 0.05) is 60.8 Å². The number of hydrogen-bond donors (Lipinski definition) is 2. The highest BCUT2D eigenvalue weighted by atomic mass is 16.2. The fourth-order valence-corrected chi connectivity index (χ4v) is 5.11. The van der Waals surface area contributed by atoms with Crippen LogP contribution in [0.4, 0.5) is 22.7 Å². The van der Waals surface area contributed by atoms with Gasteiger partial charge >= 0.3 is 0 Å². The summed E-state index contributed by atoms with van der Waals surface area (Å²) in [6.07, 6.45) is 6.21. The summed E-state index contributed by atoms with van der Waals surface area (Å²) in [6, 6.07) is 32.8. The van der Waals surface area contributed by atoms with Crippen LogP contribution in [0.2, 0.25) is 0 Å². The first-order chi connectivity index (χ1) is 22.3. The first-order valence-electron chi connectivity index (χ1n) is 15.8. The van der Waals surface area contributed by atoms with Crippen molar-refractivity contribution in [2.45, 2.75) is 51.4 Å². The number of hydrogen-bond acceptors (Lipinski definition) is 4. The van der Waals surface area contributed by atoms with Gasteiger partial charge in [-0.2, -0.15) is 0 Å². The van der Waals surface area contributed by atoms with Crippen LogP contribution < -0.4 is 20.4 Å². The standard InChI is InChI=1S/C38H42N4O4/c1-41(33-21-9-7-10-22-33)37(45)29-17-15-19-31(27-29)39-35(43)25-13-5-3-4-6-14-26-36(44)40-32-20-16-18-30(28-32)38(46)42(2)34-23-11-8-12-24-34/h7-12,15-24,27-28H,3-6,13-14,25-26H2,1-2H3,(H,39,43)(H,40,44). The normalized spacial score (nSPS) is 10.6. The van der Waals surface area contributed by atoms with Crippen molar-refractivity contribution >= 4 is 46.4 Å². The molecule has 0 bridgehead atoms. The Labute approximate surface area is 271 Å². The number of anilines is 4. The van der Waals surface area contributed by atoms with E-state index in [4.69, 9.17) is 0 Å². The summed E-state index contributed by atoms with van der Waals surface area (Å²) in [5, 5.41) is 5.81. The van der Waals surface area contributed by atoms with Gasteiger partial charge in [-0.3, -0.25) is 19.2 Å². The Morgan fingerprint density at radius 3 is 1.24 bits per heavy atom. The number of nitrogens with one attached hydrogen (secondary N) is 2. The molecule has 8 heteroatoms. The molecule has 4 amide bonds. The van der Waals surface area contributed by atoms with Crippen LogP contribution in [-0.2, 0) is 9.59 Å². The van der Waals surface area contributed by atoms with Crippen molar-refractivity contribution in [1.29, 1.82) is 0 Å². The summed E-state index contributed by atoms with van der Waals surface area (Å²) in [4.78, 5) is 54.0. The average Bonchev–Trinajstić information content (AvgIpc) is 3.09. The van der Waals surface area contributed by atoms with Crippen LogP contribution >= 0.6 is 0 Å². The maximum Gasteiger partial charge on any atom is 0.258 e. The van der Waals surface area contributed by atoms with E-state index >= 15 is 0 Å². The van der Waals surface area contributed by atoms with Gasteiger partial charge in [0.15, 0.2) is 0 Å². The third-order valence-corrected chi connectivity index (χ3v) is 7.74. The number of carbonyl (C=O) groups excluding carboxylic acids is 4. The Morgan fingerprint density at radius 1 is 0.478 bits per heavy atom. The van der Waals surface area contributed by atoms with Crippen molar-refractivity contribution in [3.63, 3.8) is 0 Å². The van der Waals surface area contributed by atoms with E-state index in [1.54, 1.807) is 72.4 Å². The molecule has 0 aliphatic rings. The van der Waals surface area contributed by atoms with Crippen LogP contribution in [-0.4, -0.2) is 37.7 Å². The average molecular weight is 619 g/mol. The Kier molecular flexibility index (Phi) is 12.7. The molecular formula is C38H42N4O4. The highest BCUT2D eigenvalue weighted by Gasteiger charge is 2.15. The van der Waals surface area contributed by atoms with Gasteiger partial charge in [0.05, 0.1) is 0 Å². The molecule has 46 heavy (non-hydrogen) atoms. The minimum atomic E-state index is -0.145. The van der Waals surface area contributed by atoms with Gasteiger partial charge in [-0.05, 0) is 73.5 Å². The summed E-state index contributed by atoms with van der Waals surface area (Å²) in [6.45, 7) is 0. The zero-order valence-electron chi connectivity index (χ0n) is 26.6. The molecule has 4 aromatic carbocycles. The van der Waals surface area contributed by atoms with E-state index in [1.165, 1.54) is 0 Å². The predicted octanol–water partition coefficient (Wildman–Crippen LogP) is 7.94. The van der Waals surface area contributed by atoms with Gasteiger partial charge in [0.1, 0.15) is 0 Å². The van der Waals surface area contributed by atoms with E-state index in [0.717, 1.165) is 49.9 Å². The van der Waals surface area contributed by atoms with Gasteiger partial charge in [-0.25, -0.2) is 0 Å². The molecule has 0 aliphatic heterocycles. The molecule has 238 valence electrons. The number of amides is 4. The van der Waals surface area contributed by atoms with Crippen molar-refractivity contribution < 1.29 is 19.2 Å². The van der Waals surface area contributed by atoms with E-state index < -0.39 is 0 Å². The van der Waals surface area contributed by atoms with Crippen LogP contribution in [0, 0.1) is 0 Å². The van der Waals surface area contributed by atoms with Crippen molar-refractivity contribution in [1.82, 2.24) is 0 Å². The second-order valence-electron chi connectivity index (χ2n) is 11.3. The summed E-state index contributed by atoms with van der Waals surface area (Å²) < 4.78 is 0. The Bertz CT molecular complexity index is 1490. The number of benzene rings is 4. The lowest BCUT2D eigenvalue weighted by molar-refractivity contribution is -0.117. The number of carbonyl (C=O) groups is 4. The number of unbranched alkanes of at least 4 members (excludes halogenated alkanes) is 5. The quantitative estimate of drug-likeness (QED) is 0.132. The van der Waals surface area contributed by atoms with E-state index in [9.17, 15) is 19.2 Å². The minimum absolute atomic E-state index is 0.0739. The highest BCUT2D eigenvalue weighted by Crippen LogP contribution is 2.20. The first-order valence-corrected chi connectivity index (χ1v) is 15.8. The largest absolute Gasteiger partial charge is 0.326 e. The molecule has 0 heterocycles. The molecule has 0 unspecified atom stereocenters. The fourth-order valence-electron chi connectivity index (χ4n) is 5.11. The molecule has 2 N–H and O–H groups in total. The van der Waals surface area contributed by atoms with Gasteiger partial charge in [0.25, 0.3) is 11.8 Å². The SMILES string of the molecule is CN(C(=O)c1cccc(NC(=O)CCCCCCCCC(=O)Nc2cccc(C(=O)N(C)c3ccccc3)c2)c1)c1ccccc1. The Hall–Kier alpha value is -5.24. The second kappa shape index (κ2) is 17.3. The molecule has 0 spiro atoms.